The molecule has 0 saturated carbocycles. The maximum Gasteiger partial charge on any atom is 0.307 e. The van der Waals surface area contributed by atoms with Crippen LogP contribution in [0.15, 0.2) is 18.2 Å². The summed E-state index contributed by atoms with van der Waals surface area (Å²) in [5, 5.41) is 2.68. The quantitative estimate of drug-likeness (QED) is 0.806. The molecule has 1 N–H and O–H groups in total. The van der Waals surface area contributed by atoms with Crippen LogP contribution in [0.2, 0.25) is 0 Å². The Kier molecular flexibility index (Phi) is 6.03. The van der Waals surface area contributed by atoms with Gasteiger partial charge in [0, 0.05) is 6.04 Å². The Morgan fingerprint density at radius 2 is 2.00 bits per heavy atom. The van der Waals surface area contributed by atoms with E-state index in [1.807, 2.05) is 32.0 Å². The van der Waals surface area contributed by atoms with Crippen molar-refractivity contribution >= 4 is 11.9 Å². The van der Waals surface area contributed by atoms with Crippen LogP contribution >= 0.6 is 0 Å². The monoisotopic (exact) mass is 279 g/mol. The van der Waals surface area contributed by atoms with Gasteiger partial charge in [-0.05, 0) is 32.4 Å². The van der Waals surface area contributed by atoms with E-state index in [1.165, 1.54) is 7.11 Å². The van der Waals surface area contributed by atoms with E-state index < -0.39 is 0 Å². The average Bonchev–Trinajstić information content (AvgIpc) is 2.37. The summed E-state index contributed by atoms with van der Waals surface area (Å²) in [7, 11) is 1.32. The lowest BCUT2D eigenvalue weighted by molar-refractivity contribution is -0.141. The summed E-state index contributed by atoms with van der Waals surface area (Å²) in [6.07, 6.45) is 0.145. The van der Waals surface area contributed by atoms with Crippen molar-refractivity contribution in [1.29, 1.82) is 0 Å². The standard InChI is InChI=1S/C15H21NO4/c1-10-5-6-13(11(2)7-10)20-9-14(17)16-12(3)8-15(18)19-4/h5-7,12H,8-9H2,1-4H3,(H,16,17). The smallest absolute Gasteiger partial charge is 0.307 e. The zero-order chi connectivity index (χ0) is 15.1. The van der Waals surface area contributed by atoms with Crippen LogP contribution < -0.4 is 10.1 Å². The van der Waals surface area contributed by atoms with Gasteiger partial charge >= 0.3 is 5.97 Å². The normalized spacial score (nSPS) is 11.6. The molecule has 1 unspecified atom stereocenters. The Morgan fingerprint density at radius 3 is 2.60 bits per heavy atom. The third kappa shape index (κ3) is 5.30. The minimum absolute atomic E-state index is 0.0740. The van der Waals surface area contributed by atoms with Gasteiger partial charge in [-0.2, -0.15) is 0 Å². The van der Waals surface area contributed by atoms with Crippen molar-refractivity contribution in [3.8, 4) is 5.75 Å². The number of nitrogens with one attached hydrogen (secondary N) is 1. The number of hydrogen-bond acceptors (Lipinski definition) is 4. The lowest BCUT2D eigenvalue weighted by Crippen LogP contribution is -2.37. The van der Waals surface area contributed by atoms with E-state index in [0.29, 0.717) is 5.75 Å². The Labute approximate surface area is 119 Å². The zero-order valence-electron chi connectivity index (χ0n) is 12.4. The first-order valence-electron chi connectivity index (χ1n) is 6.48. The summed E-state index contributed by atoms with van der Waals surface area (Å²) in [5.41, 5.74) is 2.13. The molecule has 0 aliphatic rings. The number of ether oxygens (including phenoxy) is 2. The van der Waals surface area contributed by atoms with Crippen molar-refractivity contribution < 1.29 is 19.1 Å². The molecule has 0 fully saturated rings. The first-order chi connectivity index (χ1) is 9.42. The molecule has 0 bridgehead atoms. The molecule has 1 aromatic rings. The number of amides is 1. The van der Waals surface area contributed by atoms with Gasteiger partial charge < -0.3 is 14.8 Å². The predicted octanol–water partition coefficient (Wildman–Crippen LogP) is 1.75. The molecular weight excluding hydrogens is 258 g/mol. The third-order valence-electron chi connectivity index (χ3n) is 2.80. The molecule has 0 heterocycles. The minimum Gasteiger partial charge on any atom is -0.484 e. The minimum atomic E-state index is -0.354. The Hall–Kier alpha value is -2.04. The fourth-order valence-corrected chi connectivity index (χ4v) is 1.81. The number of aryl methyl sites for hydroxylation is 2. The van der Waals surface area contributed by atoms with E-state index in [4.69, 9.17) is 4.74 Å². The van der Waals surface area contributed by atoms with Crippen LogP contribution in [0.25, 0.3) is 0 Å². The summed E-state index contributed by atoms with van der Waals surface area (Å²) in [4.78, 5) is 22.7. The molecule has 1 amide bonds. The summed E-state index contributed by atoms with van der Waals surface area (Å²) < 4.78 is 9.99. The largest absolute Gasteiger partial charge is 0.484 e. The second kappa shape index (κ2) is 7.53. The molecule has 0 saturated heterocycles. The molecule has 0 radical (unpaired) electrons. The first-order valence-corrected chi connectivity index (χ1v) is 6.48. The molecule has 0 aliphatic heterocycles. The van der Waals surface area contributed by atoms with E-state index in [9.17, 15) is 9.59 Å². The second-order valence-corrected chi connectivity index (χ2v) is 4.81. The highest BCUT2D eigenvalue weighted by atomic mass is 16.5. The van der Waals surface area contributed by atoms with Crippen LogP contribution in [0.3, 0.4) is 0 Å². The van der Waals surface area contributed by atoms with Crippen LogP contribution in [0.4, 0.5) is 0 Å². The maximum absolute atomic E-state index is 11.7. The van der Waals surface area contributed by atoms with Crippen molar-refractivity contribution in [2.45, 2.75) is 33.2 Å². The van der Waals surface area contributed by atoms with Gasteiger partial charge in [-0.25, -0.2) is 0 Å². The summed E-state index contributed by atoms with van der Waals surface area (Å²) in [5.74, 6) is 0.0702. The van der Waals surface area contributed by atoms with Crippen LogP contribution in [-0.4, -0.2) is 31.6 Å². The van der Waals surface area contributed by atoms with E-state index in [-0.39, 0.29) is 30.9 Å². The lowest BCUT2D eigenvalue weighted by atomic mass is 10.1. The van der Waals surface area contributed by atoms with Crippen LogP contribution in [0, 0.1) is 13.8 Å². The van der Waals surface area contributed by atoms with Crippen molar-refractivity contribution in [2.75, 3.05) is 13.7 Å². The molecule has 5 nitrogen and oxygen atoms in total. The molecular formula is C15H21NO4. The van der Waals surface area contributed by atoms with Crippen LogP contribution in [0.1, 0.15) is 24.5 Å². The van der Waals surface area contributed by atoms with E-state index in [0.717, 1.165) is 11.1 Å². The zero-order valence-corrected chi connectivity index (χ0v) is 12.4. The number of carbonyl (C=O) groups excluding carboxylic acids is 2. The number of benzene rings is 1. The highest BCUT2D eigenvalue weighted by Gasteiger charge is 2.12. The SMILES string of the molecule is COC(=O)CC(C)NC(=O)COc1ccc(C)cc1C. The average molecular weight is 279 g/mol. The van der Waals surface area contributed by atoms with Gasteiger partial charge in [0.15, 0.2) is 6.61 Å². The number of esters is 1. The molecule has 110 valence electrons. The van der Waals surface area contributed by atoms with Gasteiger partial charge in [0.25, 0.3) is 5.91 Å². The molecule has 1 aromatic carbocycles. The summed E-state index contributed by atoms with van der Waals surface area (Å²) in [6, 6.07) is 5.49. The van der Waals surface area contributed by atoms with Gasteiger partial charge in [0.2, 0.25) is 0 Å². The molecule has 0 aromatic heterocycles. The Morgan fingerprint density at radius 1 is 1.30 bits per heavy atom. The van der Waals surface area contributed by atoms with Crippen molar-refractivity contribution in [1.82, 2.24) is 5.32 Å². The summed E-state index contributed by atoms with van der Waals surface area (Å²) in [6.45, 7) is 5.60. The van der Waals surface area contributed by atoms with Gasteiger partial charge in [0.1, 0.15) is 5.75 Å². The molecule has 1 atom stereocenters. The second-order valence-electron chi connectivity index (χ2n) is 4.81. The van der Waals surface area contributed by atoms with Gasteiger partial charge in [-0.1, -0.05) is 17.7 Å². The van der Waals surface area contributed by atoms with Gasteiger partial charge in [0.05, 0.1) is 13.5 Å². The number of carbonyl (C=O) groups is 2. The highest BCUT2D eigenvalue weighted by Crippen LogP contribution is 2.18. The van der Waals surface area contributed by atoms with Gasteiger partial charge in [-0.3, -0.25) is 9.59 Å². The van der Waals surface area contributed by atoms with E-state index in [2.05, 4.69) is 10.1 Å². The van der Waals surface area contributed by atoms with Crippen molar-refractivity contribution in [2.24, 2.45) is 0 Å². The van der Waals surface area contributed by atoms with Crippen molar-refractivity contribution in [3.63, 3.8) is 0 Å². The Bertz CT molecular complexity index is 485. The van der Waals surface area contributed by atoms with Crippen LogP contribution in [0.5, 0.6) is 5.75 Å². The molecule has 0 spiro atoms. The number of rotatable bonds is 6. The van der Waals surface area contributed by atoms with E-state index >= 15 is 0 Å². The molecule has 1 rings (SSSR count). The fourth-order valence-electron chi connectivity index (χ4n) is 1.81. The third-order valence-corrected chi connectivity index (χ3v) is 2.80. The molecule has 5 heteroatoms. The van der Waals surface area contributed by atoms with Gasteiger partial charge in [-0.15, -0.1) is 0 Å². The highest BCUT2D eigenvalue weighted by molar-refractivity contribution is 5.79. The lowest BCUT2D eigenvalue weighted by Gasteiger charge is -2.14. The Balaban J connectivity index is 2.41. The molecule has 20 heavy (non-hydrogen) atoms. The number of hydrogen-bond donors (Lipinski definition) is 1. The maximum atomic E-state index is 11.7. The van der Waals surface area contributed by atoms with Crippen molar-refractivity contribution in [3.05, 3.63) is 29.3 Å². The predicted molar refractivity (Wildman–Crippen MR) is 75.6 cm³/mol. The topological polar surface area (TPSA) is 64.6 Å². The first kappa shape index (κ1) is 16.0. The molecule has 0 aliphatic carbocycles. The number of methoxy groups -OCH3 is 1. The summed E-state index contributed by atoms with van der Waals surface area (Å²) >= 11 is 0. The fraction of sp³-hybridized carbons (Fsp3) is 0.467. The van der Waals surface area contributed by atoms with Crippen LogP contribution in [-0.2, 0) is 14.3 Å². The van der Waals surface area contributed by atoms with E-state index in [1.54, 1.807) is 6.92 Å².